The fourth-order valence-corrected chi connectivity index (χ4v) is 3.11. The van der Waals surface area contributed by atoms with E-state index in [1.165, 1.54) is 16.7 Å². The Bertz CT molecular complexity index is 639. The standard InChI is InChI=1S/C19H23NO2/c1-14-6-7-15-8-9-18(17(15)12-14)20-13-16-4-2-3-5-19(16)22-11-10-21/h2-7,12,18,20-21H,8-11,13H2,1H3/t18-/m1/s1. The van der Waals surface area contributed by atoms with Crippen molar-refractivity contribution in [3.05, 3.63) is 64.7 Å². The highest BCUT2D eigenvalue weighted by molar-refractivity contribution is 5.38. The van der Waals surface area contributed by atoms with Gasteiger partial charge in [-0.3, -0.25) is 0 Å². The van der Waals surface area contributed by atoms with Crippen LogP contribution < -0.4 is 10.1 Å². The van der Waals surface area contributed by atoms with Crippen molar-refractivity contribution in [1.82, 2.24) is 5.32 Å². The van der Waals surface area contributed by atoms with Gasteiger partial charge in [0.15, 0.2) is 0 Å². The molecule has 2 aromatic carbocycles. The lowest BCUT2D eigenvalue weighted by Gasteiger charge is -2.16. The first-order valence-corrected chi connectivity index (χ1v) is 7.92. The quantitative estimate of drug-likeness (QED) is 0.860. The molecule has 0 heterocycles. The van der Waals surface area contributed by atoms with E-state index in [9.17, 15) is 0 Å². The lowest BCUT2D eigenvalue weighted by atomic mass is 10.0. The van der Waals surface area contributed by atoms with Gasteiger partial charge in [-0.1, -0.05) is 42.0 Å². The zero-order valence-electron chi connectivity index (χ0n) is 13.0. The number of ether oxygens (including phenoxy) is 1. The van der Waals surface area contributed by atoms with Crippen LogP contribution in [-0.4, -0.2) is 18.3 Å². The smallest absolute Gasteiger partial charge is 0.123 e. The van der Waals surface area contributed by atoms with Crippen LogP contribution in [0.25, 0.3) is 0 Å². The van der Waals surface area contributed by atoms with Crippen molar-refractivity contribution in [1.29, 1.82) is 0 Å². The number of aryl methyl sites for hydroxylation is 2. The number of para-hydroxylation sites is 1. The van der Waals surface area contributed by atoms with Crippen LogP contribution >= 0.6 is 0 Å². The van der Waals surface area contributed by atoms with E-state index >= 15 is 0 Å². The Morgan fingerprint density at radius 3 is 2.95 bits per heavy atom. The third-order valence-electron chi connectivity index (χ3n) is 4.24. The predicted octanol–water partition coefficient (Wildman–Crippen LogP) is 3.14. The predicted molar refractivity (Wildman–Crippen MR) is 88.1 cm³/mol. The summed E-state index contributed by atoms with van der Waals surface area (Å²) >= 11 is 0. The molecule has 0 radical (unpaired) electrons. The van der Waals surface area contributed by atoms with Crippen LogP contribution in [0, 0.1) is 6.92 Å². The number of rotatable bonds is 6. The molecule has 3 rings (SSSR count). The monoisotopic (exact) mass is 297 g/mol. The summed E-state index contributed by atoms with van der Waals surface area (Å²) < 4.78 is 5.60. The van der Waals surface area contributed by atoms with Crippen molar-refractivity contribution in [2.75, 3.05) is 13.2 Å². The molecule has 0 saturated carbocycles. The molecule has 0 saturated heterocycles. The van der Waals surface area contributed by atoms with Crippen molar-refractivity contribution in [3.63, 3.8) is 0 Å². The molecule has 0 bridgehead atoms. The molecule has 2 N–H and O–H groups in total. The lowest BCUT2D eigenvalue weighted by molar-refractivity contribution is 0.200. The molecule has 116 valence electrons. The highest BCUT2D eigenvalue weighted by atomic mass is 16.5. The normalized spacial score (nSPS) is 16.5. The van der Waals surface area contributed by atoms with E-state index in [1.54, 1.807) is 0 Å². The number of aliphatic hydroxyl groups is 1. The minimum absolute atomic E-state index is 0.0387. The summed E-state index contributed by atoms with van der Waals surface area (Å²) in [5.41, 5.74) is 5.36. The molecule has 0 spiro atoms. The van der Waals surface area contributed by atoms with Gasteiger partial charge in [0, 0.05) is 18.2 Å². The van der Waals surface area contributed by atoms with Gasteiger partial charge in [-0.15, -0.1) is 0 Å². The molecule has 0 aliphatic heterocycles. The molecule has 0 amide bonds. The molecular weight excluding hydrogens is 274 g/mol. The topological polar surface area (TPSA) is 41.5 Å². The second-order valence-corrected chi connectivity index (χ2v) is 5.85. The molecular formula is C19H23NO2. The number of nitrogens with one attached hydrogen (secondary N) is 1. The van der Waals surface area contributed by atoms with Gasteiger partial charge in [-0.05, 0) is 37.0 Å². The molecule has 3 nitrogen and oxygen atoms in total. The van der Waals surface area contributed by atoms with Crippen LogP contribution in [0.5, 0.6) is 5.75 Å². The fraction of sp³-hybridized carbons (Fsp3) is 0.368. The van der Waals surface area contributed by atoms with Gasteiger partial charge in [-0.25, -0.2) is 0 Å². The van der Waals surface area contributed by atoms with Gasteiger partial charge in [0.2, 0.25) is 0 Å². The second-order valence-electron chi connectivity index (χ2n) is 5.85. The van der Waals surface area contributed by atoms with Crippen molar-refractivity contribution in [2.45, 2.75) is 32.4 Å². The first-order valence-electron chi connectivity index (χ1n) is 7.92. The highest BCUT2D eigenvalue weighted by Gasteiger charge is 2.22. The van der Waals surface area contributed by atoms with Gasteiger partial charge < -0.3 is 15.2 Å². The van der Waals surface area contributed by atoms with Crippen LogP contribution in [-0.2, 0) is 13.0 Å². The average molecular weight is 297 g/mol. The van der Waals surface area contributed by atoms with Crippen LogP contribution in [0.2, 0.25) is 0 Å². The number of benzene rings is 2. The molecule has 0 aromatic heterocycles. The maximum Gasteiger partial charge on any atom is 0.123 e. The summed E-state index contributed by atoms with van der Waals surface area (Å²) in [5, 5.41) is 12.6. The largest absolute Gasteiger partial charge is 0.491 e. The second kappa shape index (κ2) is 6.95. The summed E-state index contributed by atoms with van der Waals surface area (Å²) in [7, 11) is 0. The molecule has 0 fully saturated rings. The van der Waals surface area contributed by atoms with E-state index in [-0.39, 0.29) is 6.61 Å². The minimum Gasteiger partial charge on any atom is -0.491 e. The summed E-state index contributed by atoms with van der Waals surface area (Å²) in [6.07, 6.45) is 2.30. The maximum absolute atomic E-state index is 8.92. The SMILES string of the molecule is Cc1ccc2c(c1)[C@H](NCc1ccccc1OCCO)CC2. The molecule has 2 aromatic rings. The van der Waals surface area contributed by atoms with E-state index in [0.29, 0.717) is 12.6 Å². The Kier molecular flexibility index (Phi) is 4.76. The maximum atomic E-state index is 8.92. The zero-order valence-corrected chi connectivity index (χ0v) is 13.0. The summed E-state index contributed by atoms with van der Waals surface area (Å²) in [4.78, 5) is 0. The Labute approximate surface area is 131 Å². The molecule has 0 unspecified atom stereocenters. The van der Waals surface area contributed by atoms with Crippen LogP contribution in [0.15, 0.2) is 42.5 Å². The molecule has 1 aliphatic carbocycles. The lowest BCUT2D eigenvalue weighted by Crippen LogP contribution is -2.19. The van der Waals surface area contributed by atoms with Gasteiger partial charge in [0.1, 0.15) is 12.4 Å². The highest BCUT2D eigenvalue weighted by Crippen LogP contribution is 2.32. The zero-order chi connectivity index (χ0) is 15.4. The van der Waals surface area contributed by atoms with E-state index in [1.807, 2.05) is 18.2 Å². The van der Waals surface area contributed by atoms with Crippen molar-refractivity contribution >= 4 is 0 Å². The Hall–Kier alpha value is -1.84. The molecule has 22 heavy (non-hydrogen) atoms. The first kappa shape index (κ1) is 15.1. The van der Waals surface area contributed by atoms with Crippen molar-refractivity contribution < 1.29 is 9.84 Å². The summed E-state index contributed by atoms with van der Waals surface area (Å²) in [5.74, 6) is 0.853. The van der Waals surface area contributed by atoms with Gasteiger partial charge in [0.05, 0.1) is 6.61 Å². The summed E-state index contributed by atoms with van der Waals surface area (Å²) in [6.45, 7) is 3.30. The van der Waals surface area contributed by atoms with E-state index in [0.717, 1.165) is 30.7 Å². The Balaban J connectivity index is 1.68. The first-order chi connectivity index (χ1) is 10.8. The third kappa shape index (κ3) is 3.32. The van der Waals surface area contributed by atoms with Crippen LogP contribution in [0.3, 0.4) is 0 Å². The van der Waals surface area contributed by atoms with E-state index in [4.69, 9.17) is 9.84 Å². The average Bonchev–Trinajstić information content (AvgIpc) is 2.94. The minimum atomic E-state index is 0.0387. The number of hydrogen-bond acceptors (Lipinski definition) is 3. The number of fused-ring (bicyclic) bond motifs is 1. The third-order valence-corrected chi connectivity index (χ3v) is 4.24. The number of hydrogen-bond donors (Lipinski definition) is 2. The van der Waals surface area contributed by atoms with E-state index < -0.39 is 0 Å². The molecule has 1 atom stereocenters. The van der Waals surface area contributed by atoms with Crippen LogP contribution in [0.4, 0.5) is 0 Å². The van der Waals surface area contributed by atoms with Gasteiger partial charge >= 0.3 is 0 Å². The van der Waals surface area contributed by atoms with Gasteiger partial charge in [-0.2, -0.15) is 0 Å². The van der Waals surface area contributed by atoms with Crippen molar-refractivity contribution in [3.8, 4) is 5.75 Å². The molecule has 1 aliphatic rings. The van der Waals surface area contributed by atoms with E-state index in [2.05, 4.69) is 36.5 Å². The Morgan fingerprint density at radius 2 is 2.09 bits per heavy atom. The fourth-order valence-electron chi connectivity index (χ4n) is 3.11. The number of aliphatic hydroxyl groups excluding tert-OH is 1. The van der Waals surface area contributed by atoms with Gasteiger partial charge in [0.25, 0.3) is 0 Å². The summed E-state index contributed by atoms with van der Waals surface area (Å²) in [6, 6.07) is 15.2. The van der Waals surface area contributed by atoms with Crippen LogP contribution in [0.1, 0.15) is 34.7 Å². The Morgan fingerprint density at radius 1 is 1.23 bits per heavy atom. The van der Waals surface area contributed by atoms with Crippen molar-refractivity contribution in [2.24, 2.45) is 0 Å². The molecule has 3 heteroatoms.